The lowest BCUT2D eigenvalue weighted by Gasteiger charge is -2.30. The highest BCUT2D eigenvalue weighted by Crippen LogP contribution is 2.30. The van der Waals surface area contributed by atoms with Crippen molar-refractivity contribution in [2.24, 2.45) is 5.73 Å². The fourth-order valence-corrected chi connectivity index (χ4v) is 2.17. The molecule has 4 heteroatoms. The van der Waals surface area contributed by atoms with Crippen molar-refractivity contribution in [2.75, 3.05) is 6.61 Å². The second-order valence-corrected chi connectivity index (χ2v) is 4.69. The molecule has 0 aliphatic rings. The summed E-state index contributed by atoms with van der Waals surface area (Å²) in [6.07, 6.45) is 4.32. The average Bonchev–Trinajstić information content (AvgIpc) is 2.35. The first-order valence-corrected chi connectivity index (χ1v) is 6.79. The van der Waals surface area contributed by atoms with Crippen molar-refractivity contribution in [3.8, 4) is 0 Å². The minimum atomic E-state index is -0.359. The van der Waals surface area contributed by atoms with Crippen molar-refractivity contribution in [1.29, 1.82) is 0 Å². The predicted molar refractivity (Wildman–Crippen MR) is 73.3 cm³/mol. The van der Waals surface area contributed by atoms with E-state index >= 15 is 0 Å². The van der Waals surface area contributed by atoms with Gasteiger partial charge in [0, 0.05) is 31.0 Å². The predicted octanol–water partition coefficient (Wildman–Crippen LogP) is 2.42. The van der Waals surface area contributed by atoms with E-state index in [2.05, 4.69) is 23.8 Å². The van der Waals surface area contributed by atoms with Crippen LogP contribution in [-0.4, -0.2) is 22.6 Å². The third kappa shape index (κ3) is 3.50. The van der Waals surface area contributed by atoms with Crippen molar-refractivity contribution in [3.63, 3.8) is 0 Å². The monoisotopic (exact) mass is 251 g/mol. The topological polar surface area (TPSA) is 61.0 Å². The summed E-state index contributed by atoms with van der Waals surface area (Å²) in [7, 11) is 0. The minimum Gasteiger partial charge on any atom is -0.367 e. The number of hydrogen-bond acceptors (Lipinski definition) is 4. The third-order valence-electron chi connectivity index (χ3n) is 3.21. The van der Waals surface area contributed by atoms with Crippen LogP contribution in [-0.2, 0) is 16.8 Å². The number of hydrogen-bond donors (Lipinski definition) is 1. The van der Waals surface area contributed by atoms with E-state index in [-0.39, 0.29) is 11.6 Å². The summed E-state index contributed by atoms with van der Waals surface area (Å²) < 4.78 is 5.92. The highest BCUT2D eigenvalue weighted by molar-refractivity contribution is 5.09. The summed E-state index contributed by atoms with van der Waals surface area (Å²) in [5.41, 5.74) is 6.44. The molecule has 1 heterocycles. The maximum Gasteiger partial charge on any atom is 0.160 e. The molecule has 0 aliphatic heterocycles. The summed E-state index contributed by atoms with van der Waals surface area (Å²) in [6, 6.07) is 2.03. The molecule has 2 N–H and O–H groups in total. The molecule has 18 heavy (non-hydrogen) atoms. The molecule has 0 saturated carbocycles. The van der Waals surface area contributed by atoms with Crippen molar-refractivity contribution in [3.05, 3.63) is 23.8 Å². The van der Waals surface area contributed by atoms with Gasteiger partial charge >= 0.3 is 0 Å². The Balaban J connectivity index is 3.04. The van der Waals surface area contributed by atoms with Crippen LogP contribution in [0.2, 0.25) is 0 Å². The molecule has 0 fully saturated rings. The molecule has 1 atom stereocenters. The fourth-order valence-electron chi connectivity index (χ4n) is 2.17. The van der Waals surface area contributed by atoms with Gasteiger partial charge in [-0.15, -0.1) is 0 Å². The fraction of sp³-hybridized carbons (Fsp3) is 0.714. The zero-order valence-electron chi connectivity index (χ0n) is 11.9. The molecule has 0 bridgehead atoms. The Labute approximate surface area is 110 Å². The number of ether oxygens (including phenoxy) is 1. The Kier molecular flexibility index (Phi) is 5.69. The SMILES string of the molecule is CCOC(CC)(CC)c1nccc(CC(C)N)n1. The Bertz CT molecular complexity index is 362. The number of rotatable bonds is 7. The molecular formula is C14H25N3O. The first-order valence-electron chi connectivity index (χ1n) is 6.79. The van der Waals surface area contributed by atoms with Crippen LogP contribution in [0.15, 0.2) is 12.3 Å². The van der Waals surface area contributed by atoms with Crippen molar-refractivity contribution in [1.82, 2.24) is 9.97 Å². The molecular weight excluding hydrogens is 226 g/mol. The van der Waals surface area contributed by atoms with E-state index < -0.39 is 0 Å². The highest BCUT2D eigenvalue weighted by atomic mass is 16.5. The molecule has 102 valence electrons. The Morgan fingerprint density at radius 2 is 2.00 bits per heavy atom. The first kappa shape index (κ1) is 15.1. The zero-order valence-corrected chi connectivity index (χ0v) is 11.9. The highest BCUT2D eigenvalue weighted by Gasteiger charge is 2.32. The van der Waals surface area contributed by atoms with Gasteiger partial charge in [-0.05, 0) is 32.8 Å². The average molecular weight is 251 g/mol. The zero-order chi connectivity index (χ0) is 13.6. The van der Waals surface area contributed by atoms with Gasteiger partial charge in [-0.25, -0.2) is 9.97 Å². The Morgan fingerprint density at radius 1 is 1.33 bits per heavy atom. The molecule has 4 nitrogen and oxygen atoms in total. The summed E-state index contributed by atoms with van der Waals surface area (Å²) in [6.45, 7) is 8.88. The number of aromatic nitrogens is 2. The third-order valence-corrected chi connectivity index (χ3v) is 3.21. The molecule has 1 aromatic rings. The maximum atomic E-state index is 5.92. The first-order chi connectivity index (χ1) is 8.57. The van der Waals surface area contributed by atoms with Gasteiger partial charge in [0.1, 0.15) is 5.60 Å². The lowest BCUT2D eigenvalue weighted by atomic mass is 9.95. The summed E-state index contributed by atoms with van der Waals surface area (Å²) in [5.74, 6) is 0.785. The van der Waals surface area contributed by atoms with Crippen molar-refractivity contribution in [2.45, 2.75) is 58.6 Å². The Morgan fingerprint density at radius 3 is 2.50 bits per heavy atom. The molecule has 0 spiro atoms. The van der Waals surface area contributed by atoms with Crippen LogP contribution in [0, 0.1) is 0 Å². The second kappa shape index (κ2) is 6.81. The van der Waals surface area contributed by atoms with Gasteiger partial charge in [-0.3, -0.25) is 0 Å². The summed E-state index contributed by atoms with van der Waals surface area (Å²) in [4.78, 5) is 9.03. The number of nitrogens with two attached hydrogens (primary N) is 1. The molecule has 0 radical (unpaired) electrons. The summed E-state index contributed by atoms with van der Waals surface area (Å²) >= 11 is 0. The smallest absolute Gasteiger partial charge is 0.160 e. The van der Waals surface area contributed by atoms with Gasteiger partial charge in [-0.1, -0.05) is 13.8 Å². The Hall–Kier alpha value is -1.00. The van der Waals surface area contributed by atoms with Crippen LogP contribution >= 0.6 is 0 Å². The van der Waals surface area contributed by atoms with E-state index in [9.17, 15) is 0 Å². The molecule has 1 aromatic heterocycles. The van der Waals surface area contributed by atoms with E-state index in [0.29, 0.717) is 6.61 Å². The van der Waals surface area contributed by atoms with Gasteiger partial charge in [0.25, 0.3) is 0 Å². The molecule has 0 aromatic carbocycles. The van der Waals surface area contributed by atoms with Crippen molar-refractivity contribution < 1.29 is 4.74 Å². The van der Waals surface area contributed by atoms with Crippen LogP contribution in [0.3, 0.4) is 0 Å². The lowest BCUT2D eigenvalue weighted by molar-refractivity contribution is -0.0573. The van der Waals surface area contributed by atoms with Gasteiger partial charge in [0.05, 0.1) is 0 Å². The standard InChI is InChI=1S/C14H25N3O/c1-5-14(6-2,18-7-3)13-16-9-8-12(17-13)10-11(4)15/h8-9,11H,5-7,10,15H2,1-4H3. The van der Waals surface area contributed by atoms with E-state index in [1.165, 1.54) is 0 Å². The van der Waals surface area contributed by atoms with E-state index in [1.807, 2.05) is 19.9 Å². The molecule has 0 saturated heterocycles. The van der Waals surface area contributed by atoms with E-state index in [1.54, 1.807) is 6.20 Å². The van der Waals surface area contributed by atoms with Crippen LogP contribution in [0.4, 0.5) is 0 Å². The van der Waals surface area contributed by atoms with Crippen molar-refractivity contribution >= 4 is 0 Å². The van der Waals surface area contributed by atoms with E-state index in [0.717, 1.165) is 30.8 Å². The molecule has 0 amide bonds. The maximum absolute atomic E-state index is 5.92. The van der Waals surface area contributed by atoms with Gasteiger partial charge < -0.3 is 10.5 Å². The molecule has 1 rings (SSSR count). The van der Waals surface area contributed by atoms with Gasteiger partial charge in [0.2, 0.25) is 0 Å². The number of nitrogens with zero attached hydrogens (tertiary/aromatic N) is 2. The minimum absolute atomic E-state index is 0.109. The van der Waals surface area contributed by atoms with Crippen LogP contribution in [0.25, 0.3) is 0 Å². The lowest BCUT2D eigenvalue weighted by Crippen LogP contribution is -2.31. The van der Waals surface area contributed by atoms with Gasteiger partial charge in [-0.2, -0.15) is 0 Å². The quantitative estimate of drug-likeness (QED) is 0.808. The molecule has 0 aliphatic carbocycles. The summed E-state index contributed by atoms with van der Waals surface area (Å²) in [5, 5.41) is 0. The van der Waals surface area contributed by atoms with Crippen LogP contribution in [0.1, 0.15) is 52.1 Å². The van der Waals surface area contributed by atoms with E-state index in [4.69, 9.17) is 10.5 Å². The largest absolute Gasteiger partial charge is 0.367 e. The van der Waals surface area contributed by atoms with Crippen LogP contribution in [0.5, 0.6) is 0 Å². The van der Waals surface area contributed by atoms with Crippen LogP contribution < -0.4 is 5.73 Å². The molecule has 1 unspecified atom stereocenters. The van der Waals surface area contributed by atoms with Gasteiger partial charge in [0.15, 0.2) is 5.82 Å². The second-order valence-electron chi connectivity index (χ2n) is 4.69. The normalized spacial score (nSPS) is 13.6.